The molecule has 0 aliphatic carbocycles. The number of nitrogens with one attached hydrogen (secondary N) is 3. The van der Waals surface area contributed by atoms with Crippen LogP contribution in [0.1, 0.15) is 0 Å². The third-order valence-electron chi connectivity index (χ3n) is 2.53. The van der Waals surface area contributed by atoms with Crippen LogP contribution in [-0.2, 0) is 0 Å². The Morgan fingerprint density at radius 2 is 1.84 bits per heavy atom. The quantitative estimate of drug-likeness (QED) is 0.671. The number of halogens is 1. The van der Waals surface area contributed by atoms with Crippen LogP contribution in [0.4, 0.5) is 15.9 Å². The largest absolute Gasteiger partial charge is 0.342 e. The van der Waals surface area contributed by atoms with Gasteiger partial charge in [-0.3, -0.25) is 14.6 Å². The van der Waals surface area contributed by atoms with Gasteiger partial charge in [0.25, 0.3) is 0 Å². The molecule has 0 aliphatic heterocycles. The summed E-state index contributed by atoms with van der Waals surface area (Å²) in [6.07, 6.45) is 0. The van der Waals surface area contributed by atoms with Crippen molar-refractivity contribution in [2.24, 2.45) is 0 Å². The molecule has 2 heterocycles. The predicted molar refractivity (Wildman–Crippen MR) is 72.7 cm³/mol. The van der Waals surface area contributed by atoms with Crippen LogP contribution in [0.5, 0.6) is 0 Å². The van der Waals surface area contributed by atoms with E-state index in [1.165, 1.54) is 18.2 Å². The van der Waals surface area contributed by atoms with Gasteiger partial charge in [0.2, 0.25) is 5.43 Å². The van der Waals surface area contributed by atoms with E-state index >= 15 is 0 Å². The molecule has 0 aliphatic rings. The molecule has 3 aromatic rings. The first-order chi connectivity index (χ1) is 9.11. The zero-order chi connectivity index (χ0) is 13.4. The molecule has 7 heteroatoms. The van der Waals surface area contributed by atoms with E-state index in [4.69, 9.17) is 0 Å². The molecule has 19 heavy (non-hydrogen) atoms. The van der Waals surface area contributed by atoms with Crippen molar-refractivity contribution in [3.63, 3.8) is 0 Å². The van der Waals surface area contributed by atoms with Gasteiger partial charge in [-0.15, -0.1) is 0 Å². The molecular weight excluding hydrogens is 269 g/mol. The van der Waals surface area contributed by atoms with E-state index in [0.717, 1.165) is 11.3 Å². The Bertz CT molecular complexity index is 848. The Morgan fingerprint density at radius 3 is 2.58 bits per heavy atom. The molecule has 0 atom stereocenters. The molecule has 3 rings (SSSR count). The Labute approximate surface area is 109 Å². The summed E-state index contributed by atoms with van der Waals surface area (Å²) in [6, 6.07) is 7.08. The van der Waals surface area contributed by atoms with Crippen LogP contribution in [-0.4, -0.2) is 9.97 Å². The monoisotopic (exact) mass is 277 g/mol. The summed E-state index contributed by atoms with van der Waals surface area (Å²) in [4.78, 5) is 28.1. The second kappa shape index (κ2) is 4.36. The molecule has 1 aromatic carbocycles. The smallest absolute Gasteiger partial charge is 0.306 e. The summed E-state index contributed by atoms with van der Waals surface area (Å²) < 4.78 is 13.1. The fraction of sp³-hybridized carbons (Fsp3) is 0. The highest BCUT2D eigenvalue weighted by atomic mass is 32.1. The standard InChI is InChI=1S/C12H8FN3O2S/c13-6-1-3-7(4-2-6)14-9-5-8(17)10-11(15-9)16-12(18)19-10/h1-5H,(H3,14,15,16,17,18). The van der Waals surface area contributed by atoms with E-state index in [1.807, 2.05) is 0 Å². The first-order valence-electron chi connectivity index (χ1n) is 5.40. The molecule has 5 nitrogen and oxygen atoms in total. The number of thiazole rings is 1. The summed E-state index contributed by atoms with van der Waals surface area (Å²) in [7, 11) is 0. The number of aromatic amines is 2. The van der Waals surface area contributed by atoms with Gasteiger partial charge < -0.3 is 10.3 Å². The van der Waals surface area contributed by atoms with Gasteiger partial charge in [-0.1, -0.05) is 11.3 Å². The van der Waals surface area contributed by atoms with Crippen molar-refractivity contribution in [3.05, 3.63) is 56.0 Å². The molecule has 2 aromatic heterocycles. The number of fused-ring (bicyclic) bond motifs is 1. The van der Waals surface area contributed by atoms with Crippen LogP contribution in [0.2, 0.25) is 0 Å². The number of pyridine rings is 1. The summed E-state index contributed by atoms with van der Waals surface area (Å²) in [5.74, 6) is 0.0924. The Hall–Kier alpha value is -2.41. The molecule has 0 amide bonds. The molecule has 0 unspecified atom stereocenters. The fourth-order valence-electron chi connectivity index (χ4n) is 1.71. The minimum Gasteiger partial charge on any atom is -0.342 e. The number of H-pyrrole nitrogens is 2. The first-order valence-corrected chi connectivity index (χ1v) is 6.22. The molecule has 96 valence electrons. The van der Waals surface area contributed by atoms with Crippen LogP contribution in [0.25, 0.3) is 10.3 Å². The van der Waals surface area contributed by atoms with Gasteiger partial charge in [0.1, 0.15) is 22.0 Å². The third-order valence-corrected chi connectivity index (χ3v) is 3.43. The highest BCUT2D eigenvalue weighted by molar-refractivity contribution is 7.16. The topological polar surface area (TPSA) is 77.8 Å². The highest BCUT2D eigenvalue weighted by Gasteiger charge is 2.06. The van der Waals surface area contributed by atoms with E-state index < -0.39 is 0 Å². The van der Waals surface area contributed by atoms with Crippen LogP contribution in [0.3, 0.4) is 0 Å². The molecule has 0 saturated carbocycles. The van der Waals surface area contributed by atoms with Crippen molar-refractivity contribution >= 4 is 33.2 Å². The van der Waals surface area contributed by atoms with Gasteiger partial charge >= 0.3 is 4.87 Å². The zero-order valence-corrected chi connectivity index (χ0v) is 10.3. The van der Waals surface area contributed by atoms with Gasteiger partial charge in [-0.2, -0.15) is 0 Å². The Morgan fingerprint density at radius 1 is 1.11 bits per heavy atom. The number of hydrogen-bond donors (Lipinski definition) is 3. The van der Waals surface area contributed by atoms with Crippen molar-refractivity contribution in [3.8, 4) is 0 Å². The van der Waals surface area contributed by atoms with Crippen LogP contribution in [0, 0.1) is 5.82 Å². The SMILES string of the molecule is O=c1[nH]c2[nH]c(Nc3ccc(F)cc3)cc(=O)c2s1. The van der Waals surface area contributed by atoms with Crippen LogP contribution in [0.15, 0.2) is 39.9 Å². The normalized spacial score (nSPS) is 10.8. The third kappa shape index (κ3) is 2.27. The van der Waals surface area contributed by atoms with Gasteiger partial charge in [-0.05, 0) is 24.3 Å². The minimum atomic E-state index is -0.336. The maximum atomic E-state index is 12.8. The number of benzene rings is 1. The van der Waals surface area contributed by atoms with E-state index in [-0.39, 0.29) is 16.1 Å². The molecule has 0 radical (unpaired) electrons. The minimum absolute atomic E-state index is 0.248. The molecule has 0 saturated heterocycles. The molecule has 0 fully saturated rings. The Balaban J connectivity index is 2.03. The summed E-state index contributed by atoms with van der Waals surface area (Å²) in [5, 5.41) is 2.93. The lowest BCUT2D eigenvalue weighted by Crippen LogP contribution is -2.03. The van der Waals surface area contributed by atoms with E-state index in [2.05, 4.69) is 15.3 Å². The molecule has 0 spiro atoms. The molecule has 0 bridgehead atoms. The highest BCUT2D eigenvalue weighted by Crippen LogP contribution is 2.16. The molecule has 3 N–H and O–H groups in total. The van der Waals surface area contributed by atoms with E-state index in [1.54, 1.807) is 12.1 Å². The van der Waals surface area contributed by atoms with Crippen molar-refractivity contribution in [1.82, 2.24) is 9.97 Å². The second-order valence-corrected chi connectivity index (χ2v) is 4.88. The van der Waals surface area contributed by atoms with Crippen molar-refractivity contribution in [2.45, 2.75) is 0 Å². The maximum absolute atomic E-state index is 12.8. The number of hydrogen-bond acceptors (Lipinski definition) is 4. The van der Waals surface area contributed by atoms with Crippen molar-refractivity contribution in [2.75, 3.05) is 5.32 Å². The summed E-state index contributed by atoms with van der Waals surface area (Å²) in [5.41, 5.74) is 0.766. The van der Waals surface area contributed by atoms with Crippen molar-refractivity contribution < 1.29 is 4.39 Å². The second-order valence-electron chi connectivity index (χ2n) is 3.90. The van der Waals surface area contributed by atoms with E-state index in [0.29, 0.717) is 21.9 Å². The maximum Gasteiger partial charge on any atom is 0.306 e. The Kier molecular flexibility index (Phi) is 2.68. The summed E-state index contributed by atoms with van der Waals surface area (Å²) >= 11 is 0.863. The number of anilines is 2. The number of aromatic nitrogens is 2. The lowest BCUT2D eigenvalue weighted by molar-refractivity contribution is 0.628. The van der Waals surface area contributed by atoms with Crippen molar-refractivity contribution in [1.29, 1.82) is 0 Å². The lowest BCUT2D eigenvalue weighted by Gasteiger charge is -2.05. The van der Waals surface area contributed by atoms with Gasteiger partial charge in [0.15, 0.2) is 0 Å². The van der Waals surface area contributed by atoms with Crippen LogP contribution < -0.4 is 15.6 Å². The average molecular weight is 277 g/mol. The fourth-order valence-corrected chi connectivity index (χ4v) is 2.42. The first kappa shape index (κ1) is 11.7. The predicted octanol–water partition coefficient (Wildman–Crippen LogP) is 2.16. The lowest BCUT2D eigenvalue weighted by atomic mass is 10.3. The number of rotatable bonds is 2. The van der Waals surface area contributed by atoms with Crippen LogP contribution >= 0.6 is 11.3 Å². The van der Waals surface area contributed by atoms with E-state index in [9.17, 15) is 14.0 Å². The van der Waals surface area contributed by atoms with Gasteiger partial charge in [-0.25, -0.2) is 4.39 Å². The molecular formula is C12H8FN3O2S. The zero-order valence-electron chi connectivity index (χ0n) is 9.49. The summed E-state index contributed by atoms with van der Waals surface area (Å²) in [6.45, 7) is 0. The van der Waals surface area contributed by atoms with Gasteiger partial charge in [0, 0.05) is 11.8 Å². The van der Waals surface area contributed by atoms with Gasteiger partial charge in [0.05, 0.1) is 0 Å². The average Bonchev–Trinajstić information content (AvgIpc) is 2.73.